The molecule has 0 saturated heterocycles. The van der Waals surface area contributed by atoms with Crippen LogP contribution in [0.1, 0.15) is 22.0 Å². The van der Waals surface area contributed by atoms with Gasteiger partial charge in [0.2, 0.25) is 0 Å². The quantitative estimate of drug-likeness (QED) is 0.670. The number of carboxylic acids is 1. The Morgan fingerprint density at radius 3 is 2.82 bits per heavy atom. The van der Waals surface area contributed by atoms with Gasteiger partial charge in [-0.1, -0.05) is 5.21 Å². The first-order valence-corrected chi connectivity index (χ1v) is 4.82. The number of aromatic nitrogens is 6. The Bertz CT molecular complexity index is 544. The van der Waals surface area contributed by atoms with Crippen LogP contribution in [0.15, 0.2) is 6.33 Å². The van der Waals surface area contributed by atoms with E-state index in [0.717, 1.165) is 0 Å². The maximum atomic E-state index is 10.9. The molecule has 90 valence electrons. The summed E-state index contributed by atoms with van der Waals surface area (Å²) in [6, 6.07) is 0. The summed E-state index contributed by atoms with van der Waals surface area (Å²) < 4.78 is 3.12. The summed E-state index contributed by atoms with van der Waals surface area (Å²) >= 11 is 0. The highest BCUT2D eigenvalue weighted by Crippen LogP contribution is 2.06. The Balaban J connectivity index is 2.34. The molecule has 0 atom stereocenters. The zero-order valence-electron chi connectivity index (χ0n) is 9.11. The average Bonchev–Trinajstić information content (AvgIpc) is 2.86. The fourth-order valence-electron chi connectivity index (χ4n) is 1.41. The first-order valence-electron chi connectivity index (χ1n) is 4.82. The van der Waals surface area contributed by atoms with E-state index in [4.69, 9.17) is 10.8 Å². The second-order valence-electron chi connectivity index (χ2n) is 3.41. The Hall–Kier alpha value is -2.29. The molecule has 0 aliphatic rings. The second-order valence-corrected chi connectivity index (χ2v) is 3.41. The van der Waals surface area contributed by atoms with E-state index in [0.29, 0.717) is 11.5 Å². The molecule has 9 heteroatoms. The van der Waals surface area contributed by atoms with Gasteiger partial charge in [0.15, 0.2) is 11.5 Å². The summed E-state index contributed by atoms with van der Waals surface area (Å²) in [5.41, 5.74) is 5.73. The Kier molecular flexibility index (Phi) is 2.83. The summed E-state index contributed by atoms with van der Waals surface area (Å²) in [5.74, 6) is -0.504. The number of nitrogens with two attached hydrogens (primary N) is 1. The molecule has 0 aliphatic carbocycles. The third kappa shape index (κ3) is 1.99. The smallest absolute Gasteiger partial charge is 0.358 e. The lowest BCUT2D eigenvalue weighted by Crippen LogP contribution is -2.15. The van der Waals surface area contributed by atoms with E-state index in [1.165, 1.54) is 4.68 Å². The van der Waals surface area contributed by atoms with Gasteiger partial charge in [0.1, 0.15) is 12.9 Å². The fraction of sp³-hybridized carbons (Fsp3) is 0.375. The number of hydrogen-bond donors (Lipinski definition) is 2. The lowest BCUT2D eigenvalue weighted by molar-refractivity contribution is 0.0689. The molecular formula is C8H11N7O2. The maximum absolute atomic E-state index is 10.9. The van der Waals surface area contributed by atoms with Crippen LogP contribution < -0.4 is 5.73 Å². The van der Waals surface area contributed by atoms with Crippen LogP contribution in [0, 0.1) is 0 Å². The summed E-state index contributed by atoms with van der Waals surface area (Å²) in [4.78, 5) is 10.9. The fourth-order valence-corrected chi connectivity index (χ4v) is 1.41. The first kappa shape index (κ1) is 11.2. The Morgan fingerprint density at radius 2 is 2.29 bits per heavy atom. The first-order chi connectivity index (χ1) is 8.13. The molecule has 0 unspecified atom stereocenters. The average molecular weight is 237 g/mol. The van der Waals surface area contributed by atoms with Crippen molar-refractivity contribution in [3.05, 3.63) is 23.5 Å². The molecule has 0 radical (unpaired) electrons. The van der Waals surface area contributed by atoms with Crippen LogP contribution in [-0.2, 0) is 20.1 Å². The standard InChI is InChI=1S/C8H11N7O2/c1-14-4-10-11-6(14)3-15-5(2-9)7(8(16)17)12-13-15/h4H,2-3,9H2,1H3,(H,16,17). The van der Waals surface area contributed by atoms with Crippen molar-refractivity contribution in [2.45, 2.75) is 13.1 Å². The third-order valence-electron chi connectivity index (χ3n) is 2.33. The van der Waals surface area contributed by atoms with Gasteiger partial charge in [-0.2, -0.15) is 0 Å². The maximum Gasteiger partial charge on any atom is 0.358 e. The normalized spacial score (nSPS) is 10.7. The highest BCUT2D eigenvalue weighted by Gasteiger charge is 2.18. The van der Waals surface area contributed by atoms with E-state index in [9.17, 15) is 4.79 Å². The monoisotopic (exact) mass is 237 g/mol. The Morgan fingerprint density at radius 1 is 1.53 bits per heavy atom. The van der Waals surface area contributed by atoms with Crippen LogP contribution in [0.4, 0.5) is 0 Å². The summed E-state index contributed by atoms with van der Waals surface area (Å²) in [6.07, 6.45) is 1.55. The SMILES string of the molecule is Cn1cnnc1Cn1nnc(C(=O)O)c1CN. The highest BCUT2D eigenvalue weighted by molar-refractivity contribution is 5.86. The van der Waals surface area contributed by atoms with E-state index in [1.54, 1.807) is 17.9 Å². The zero-order valence-corrected chi connectivity index (χ0v) is 9.11. The van der Waals surface area contributed by atoms with Crippen molar-refractivity contribution >= 4 is 5.97 Å². The van der Waals surface area contributed by atoms with Gasteiger partial charge in [-0.15, -0.1) is 15.3 Å². The lowest BCUT2D eigenvalue weighted by Gasteiger charge is -2.04. The van der Waals surface area contributed by atoms with E-state index in [-0.39, 0.29) is 18.8 Å². The van der Waals surface area contributed by atoms with Crippen LogP contribution in [0.3, 0.4) is 0 Å². The lowest BCUT2D eigenvalue weighted by atomic mass is 10.3. The van der Waals surface area contributed by atoms with Gasteiger partial charge >= 0.3 is 5.97 Å². The molecule has 2 rings (SSSR count). The van der Waals surface area contributed by atoms with E-state index in [1.807, 2.05) is 0 Å². The molecule has 2 heterocycles. The molecular weight excluding hydrogens is 226 g/mol. The molecule has 0 aliphatic heterocycles. The molecule has 0 amide bonds. The Labute approximate surface area is 95.9 Å². The number of aryl methyl sites for hydroxylation is 1. The van der Waals surface area contributed by atoms with Gasteiger partial charge in [-0.05, 0) is 0 Å². The number of rotatable bonds is 4. The summed E-state index contributed by atoms with van der Waals surface area (Å²) in [5, 5.41) is 23.8. The van der Waals surface area contributed by atoms with Gasteiger partial charge in [0.05, 0.1) is 5.69 Å². The third-order valence-corrected chi connectivity index (χ3v) is 2.33. The number of aromatic carboxylic acids is 1. The van der Waals surface area contributed by atoms with Crippen molar-refractivity contribution in [3.63, 3.8) is 0 Å². The van der Waals surface area contributed by atoms with E-state index >= 15 is 0 Å². The molecule has 2 aromatic heterocycles. The van der Waals surface area contributed by atoms with Crippen molar-refractivity contribution in [2.75, 3.05) is 0 Å². The molecule has 2 aromatic rings. The molecule has 0 fully saturated rings. The van der Waals surface area contributed by atoms with Gasteiger partial charge in [0.25, 0.3) is 0 Å². The van der Waals surface area contributed by atoms with Crippen LogP contribution >= 0.6 is 0 Å². The highest BCUT2D eigenvalue weighted by atomic mass is 16.4. The van der Waals surface area contributed by atoms with E-state index in [2.05, 4.69) is 20.5 Å². The molecule has 0 saturated carbocycles. The summed E-state index contributed by atoms with van der Waals surface area (Å²) in [7, 11) is 1.78. The number of carbonyl (C=O) groups is 1. The van der Waals surface area contributed by atoms with Crippen LogP contribution in [-0.4, -0.2) is 40.8 Å². The minimum absolute atomic E-state index is 0.0481. The van der Waals surface area contributed by atoms with Crippen molar-refractivity contribution in [2.24, 2.45) is 12.8 Å². The predicted molar refractivity (Wildman–Crippen MR) is 55.0 cm³/mol. The minimum Gasteiger partial charge on any atom is -0.476 e. The number of nitrogens with zero attached hydrogens (tertiary/aromatic N) is 6. The van der Waals surface area contributed by atoms with Crippen LogP contribution in [0.2, 0.25) is 0 Å². The topological polar surface area (TPSA) is 125 Å². The number of carboxylic acid groups (broad SMARTS) is 1. The van der Waals surface area contributed by atoms with Crippen molar-refractivity contribution in [1.29, 1.82) is 0 Å². The molecule has 9 nitrogen and oxygen atoms in total. The largest absolute Gasteiger partial charge is 0.476 e. The van der Waals surface area contributed by atoms with E-state index < -0.39 is 5.97 Å². The molecule has 3 N–H and O–H groups in total. The van der Waals surface area contributed by atoms with Gasteiger partial charge in [-0.25, -0.2) is 9.48 Å². The van der Waals surface area contributed by atoms with Crippen molar-refractivity contribution < 1.29 is 9.90 Å². The molecule has 0 bridgehead atoms. The molecule has 0 spiro atoms. The zero-order chi connectivity index (χ0) is 12.4. The molecule has 17 heavy (non-hydrogen) atoms. The van der Waals surface area contributed by atoms with Crippen molar-refractivity contribution in [1.82, 2.24) is 29.8 Å². The second kappa shape index (κ2) is 4.29. The molecule has 0 aromatic carbocycles. The minimum atomic E-state index is -1.14. The number of hydrogen-bond acceptors (Lipinski definition) is 6. The van der Waals surface area contributed by atoms with Crippen LogP contribution in [0.25, 0.3) is 0 Å². The van der Waals surface area contributed by atoms with Gasteiger partial charge < -0.3 is 15.4 Å². The van der Waals surface area contributed by atoms with Crippen LogP contribution in [0.5, 0.6) is 0 Å². The van der Waals surface area contributed by atoms with Crippen molar-refractivity contribution in [3.8, 4) is 0 Å². The predicted octanol–water partition coefficient (Wildman–Crippen LogP) is -1.39. The van der Waals surface area contributed by atoms with Gasteiger partial charge in [0, 0.05) is 13.6 Å². The summed E-state index contributed by atoms with van der Waals surface area (Å²) in [6.45, 7) is 0.329. The van der Waals surface area contributed by atoms with Gasteiger partial charge in [-0.3, -0.25) is 0 Å².